The summed E-state index contributed by atoms with van der Waals surface area (Å²) in [6, 6.07) is 1.58. The molecule has 0 aliphatic rings. The fourth-order valence-corrected chi connectivity index (χ4v) is 3.70. The topological polar surface area (TPSA) is 59.1 Å². The van der Waals surface area contributed by atoms with Gasteiger partial charge in [0.15, 0.2) is 0 Å². The van der Waals surface area contributed by atoms with Gasteiger partial charge in [0.25, 0.3) is 0 Å². The number of rotatable bonds is 8. The molecule has 0 bridgehead atoms. The van der Waals surface area contributed by atoms with Gasteiger partial charge in [0.2, 0.25) is 10.0 Å². The third kappa shape index (κ3) is 5.58. The minimum Gasteiger partial charge on any atom is -0.262 e. The molecule has 6 heteroatoms. The molecule has 1 rings (SSSR count). The smallest absolute Gasteiger partial charge is 0.242 e. The number of halogens is 1. The van der Waals surface area contributed by atoms with Crippen LogP contribution in [-0.2, 0) is 10.0 Å². The molecule has 1 aromatic heterocycles. The lowest BCUT2D eigenvalue weighted by atomic mass is 10.1. The predicted molar refractivity (Wildman–Crippen MR) is 80.5 cm³/mol. The first-order valence-corrected chi connectivity index (χ1v) is 8.90. The van der Waals surface area contributed by atoms with Crippen molar-refractivity contribution >= 4 is 26.0 Å². The van der Waals surface area contributed by atoms with E-state index in [2.05, 4.69) is 39.5 Å². The van der Waals surface area contributed by atoms with E-state index in [-0.39, 0.29) is 10.9 Å². The molecule has 4 nitrogen and oxygen atoms in total. The zero-order valence-corrected chi connectivity index (χ0v) is 13.8. The number of pyridine rings is 1. The zero-order chi connectivity index (χ0) is 14.3. The molecule has 1 unspecified atom stereocenters. The Balaban J connectivity index is 2.81. The van der Waals surface area contributed by atoms with E-state index in [1.165, 1.54) is 6.20 Å². The first kappa shape index (κ1) is 16.6. The quantitative estimate of drug-likeness (QED) is 0.782. The molecule has 1 aromatic rings. The molecule has 0 saturated carbocycles. The van der Waals surface area contributed by atoms with E-state index in [1.807, 2.05) is 0 Å². The second-order valence-corrected chi connectivity index (χ2v) is 7.22. The van der Waals surface area contributed by atoms with E-state index >= 15 is 0 Å². The number of nitrogens with one attached hydrogen (secondary N) is 1. The van der Waals surface area contributed by atoms with Crippen LogP contribution in [0, 0.1) is 0 Å². The van der Waals surface area contributed by atoms with Crippen LogP contribution in [0.2, 0.25) is 0 Å². The zero-order valence-electron chi connectivity index (χ0n) is 11.4. The average molecular weight is 349 g/mol. The molecule has 1 heterocycles. The van der Waals surface area contributed by atoms with Crippen LogP contribution in [0.3, 0.4) is 0 Å². The van der Waals surface area contributed by atoms with Crippen LogP contribution < -0.4 is 4.72 Å². The Labute approximate surface area is 124 Å². The summed E-state index contributed by atoms with van der Waals surface area (Å²) in [5.74, 6) is 0. The van der Waals surface area contributed by atoms with E-state index < -0.39 is 10.0 Å². The van der Waals surface area contributed by atoms with Crippen molar-refractivity contribution in [1.29, 1.82) is 0 Å². The number of aromatic nitrogens is 1. The van der Waals surface area contributed by atoms with Gasteiger partial charge in [-0.05, 0) is 34.8 Å². The van der Waals surface area contributed by atoms with Gasteiger partial charge in [-0.3, -0.25) is 4.98 Å². The van der Waals surface area contributed by atoms with Gasteiger partial charge in [-0.2, -0.15) is 0 Å². The maximum Gasteiger partial charge on any atom is 0.242 e. The second kappa shape index (κ2) is 7.97. The van der Waals surface area contributed by atoms with Crippen LogP contribution in [0.15, 0.2) is 27.8 Å². The van der Waals surface area contributed by atoms with Gasteiger partial charge in [0.1, 0.15) is 4.90 Å². The van der Waals surface area contributed by atoms with Crippen molar-refractivity contribution in [1.82, 2.24) is 9.71 Å². The molecular formula is C13H21BrN2O2S. The maximum atomic E-state index is 12.3. The summed E-state index contributed by atoms with van der Waals surface area (Å²) in [4.78, 5) is 4.11. The molecule has 0 spiro atoms. The minimum atomic E-state index is -3.48. The lowest BCUT2D eigenvalue weighted by molar-refractivity contribution is 0.483. The van der Waals surface area contributed by atoms with Gasteiger partial charge in [-0.1, -0.05) is 33.1 Å². The molecule has 0 aliphatic heterocycles. The van der Waals surface area contributed by atoms with Crippen molar-refractivity contribution in [2.45, 2.75) is 56.9 Å². The lowest BCUT2D eigenvalue weighted by Gasteiger charge is -2.17. The Morgan fingerprint density at radius 1 is 1.26 bits per heavy atom. The van der Waals surface area contributed by atoms with Gasteiger partial charge in [0, 0.05) is 22.9 Å². The van der Waals surface area contributed by atoms with Crippen LogP contribution in [0.1, 0.15) is 46.0 Å². The first-order chi connectivity index (χ1) is 8.99. The van der Waals surface area contributed by atoms with E-state index in [1.54, 1.807) is 12.3 Å². The Kier molecular flexibility index (Phi) is 6.96. The third-order valence-corrected chi connectivity index (χ3v) is 4.78. The van der Waals surface area contributed by atoms with E-state index in [0.717, 1.165) is 32.1 Å². The van der Waals surface area contributed by atoms with Gasteiger partial charge in [0.05, 0.1) is 0 Å². The van der Waals surface area contributed by atoms with Crippen molar-refractivity contribution in [3.63, 3.8) is 0 Å². The molecule has 0 aromatic carbocycles. The molecule has 0 radical (unpaired) electrons. The van der Waals surface area contributed by atoms with Crippen LogP contribution in [0.25, 0.3) is 0 Å². The summed E-state index contributed by atoms with van der Waals surface area (Å²) in [6.45, 7) is 4.17. The minimum absolute atomic E-state index is 0.00827. The van der Waals surface area contributed by atoms with Gasteiger partial charge in [-0.25, -0.2) is 13.1 Å². The van der Waals surface area contributed by atoms with Crippen molar-refractivity contribution in [3.05, 3.63) is 22.9 Å². The van der Waals surface area contributed by atoms with Crippen molar-refractivity contribution in [2.75, 3.05) is 0 Å². The van der Waals surface area contributed by atoms with Crippen molar-refractivity contribution in [3.8, 4) is 0 Å². The summed E-state index contributed by atoms with van der Waals surface area (Å²) < 4.78 is 28.0. The van der Waals surface area contributed by atoms with Crippen LogP contribution >= 0.6 is 15.9 Å². The van der Waals surface area contributed by atoms with E-state index in [0.29, 0.717) is 4.47 Å². The van der Waals surface area contributed by atoms with Gasteiger partial charge in [-0.15, -0.1) is 0 Å². The summed E-state index contributed by atoms with van der Waals surface area (Å²) in [5, 5.41) is 0. The van der Waals surface area contributed by atoms with Crippen LogP contribution in [0.5, 0.6) is 0 Å². The molecular weight excluding hydrogens is 328 g/mol. The molecule has 1 atom stereocenters. The molecule has 108 valence electrons. The van der Waals surface area contributed by atoms with Gasteiger partial charge < -0.3 is 0 Å². The fraction of sp³-hybridized carbons (Fsp3) is 0.615. The molecule has 0 saturated heterocycles. The lowest BCUT2D eigenvalue weighted by Crippen LogP contribution is -2.34. The SMILES string of the molecule is CCCCC(CCC)NS(=O)(=O)c1cncc(Br)c1. The monoisotopic (exact) mass is 348 g/mol. The highest BCUT2D eigenvalue weighted by Crippen LogP contribution is 2.16. The second-order valence-electron chi connectivity index (χ2n) is 4.59. The molecule has 0 fully saturated rings. The van der Waals surface area contributed by atoms with Crippen LogP contribution in [-0.4, -0.2) is 19.4 Å². The summed E-state index contributed by atoms with van der Waals surface area (Å²) in [7, 11) is -3.48. The highest BCUT2D eigenvalue weighted by atomic mass is 79.9. The molecule has 19 heavy (non-hydrogen) atoms. The Morgan fingerprint density at radius 3 is 2.58 bits per heavy atom. The van der Waals surface area contributed by atoms with Crippen molar-refractivity contribution in [2.24, 2.45) is 0 Å². The number of nitrogens with zero attached hydrogens (tertiary/aromatic N) is 1. The van der Waals surface area contributed by atoms with E-state index in [4.69, 9.17) is 0 Å². The summed E-state index contributed by atoms with van der Waals surface area (Å²) in [5.41, 5.74) is 0. The highest BCUT2D eigenvalue weighted by molar-refractivity contribution is 9.10. The Morgan fingerprint density at radius 2 is 2.00 bits per heavy atom. The largest absolute Gasteiger partial charge is 0.262 e. The summed E-state index contributed by atoms with van der Waals surface area (Å²) in [6.07, 6.45) is 7.75. The third-order valence-electron chi connectivity index (χ3n) is 2.86. The summed E-state index contributed by atoms with van der Waals surface area (Å²) >= 11 is 3.24. The normalized spacial score (nSPS) is 13.4. The predicted octanol–water partition coefficient (Wildman–Crippen LogP) is 3.48. The standard InChI is InChI=1S/C13H21BrN2O2S/c1-3-5-7-12(6-4-2)16-19(17,18)13-8-11(14)9-15-10-13/h8-10,12,16H,3-7H2,1-2H3. The number of unbranched alkanes of at least 4 members (excludes halogenated alkanes) is 1. The number of sulfonamides is 1. The maximum absolute atomic E-state index is 12.3. The highest BCUT2D eigenvalue weighted by Gasteiger charge is 2.19. The molecule has 0 aliphatic carbocycles. The fourth-order valence-electron chi connectivity index (χ4n) is 1.89. The molecule has 1 N–H and O–H groups in total. The Bertz CT molecular complexity index is 491. The van der Waals surface area contributed by atoms with E-state index in [9.17, 15) is 8.42 Å². The first-order valence-electron chi connectivity index (χ1n) is 6.62. The van der Waals surface area contributed by atoms with Crippen molar-refractivity contribution < 1.29 is 8.42 Å². The Hall–Kier alpha value is -0.460. The average Bonchev–Trinajstić information content (AvgIpc) is 2.36. The molecule has 0 amide bonds. The number of hydrogen-bond donors (Lipinski definition) is 1. The van der Waals surface area contributed by atoms with Gasteiger partial charge >= 0.3 is 0 Å². The van der Waals surface area contributed by atoms with Crippen LogP contribution in [0.4, 0.5) is 0 Å². The number of hydrogen-bond acceptors (Lipinski definition) is 3.